The predicted molar refractivity (Wildman–Crippen MR) is 257 cm³/mol. The van der Waals surface area contributed by atoms with Gasteiger partial charge in [-0.2, -0.15) is 0 Å². The lowest BCUT2D eigenvalue weighted by Gasteiger charge is -2.19. The number of allylic oxidation sites excluding steroid dienone is 13. The van der Waals surface area contributed by atoms with Crippen molar-refractivity contribution in [1.82, 2.24) is 5.32 Å². The summed E-state index contributed by atoms with van der Waals surface area (Å²) in [6.45, 7) is 4.17. The van der Waals surface area contributed by atoms with Crippen molar-refractivity contribution in [3.8, 4) is 0 Å². The summed E-state index contributed by atoms with van der Waals surface area (Å²) in [5, 5.41) is 23.0. The molecule has 0 radical (unpaired) electrons. The molecule has 4 heteroatoms. The summed E-state index contributed by atoms with van der Waals surface area (Å²) in [7, 11) is 0. The number of rotatable bonds is 44. The minimum atomic E-state index is -0.886. The van der Waals surface area contributed by atoms with Gasteiger partial charge in [-0.05, 0) is 83.5 Å². The largest absolute Gasteiger partial charge is 0.394 e. The van der Waals surface area contributed by atoms with Gasteiger partial charge in [0, 0.05) is 6.42 Å². The van der Waals surface area contributed by atoms with Crippen molar-refractivity contribution in [2.75, 3.05) is 6.61 Å². The number of hydrogen-bond donors (Lipinski definition) is 3. The van der Waals surface area contributed by atoms with Gasteiger partial charge < -0.3 is 15.5 Å². The molecule has 334 valence electrons. The molecule has 2 atom stereocenters. The lowest BCUT2D eigenvalue weighted by Crippen LogP contribution is -2.45. The van der Waals surface area contributed by atoms with E-state index in [0.717, 1.165) is 83.5 Å². The van der Waals surface area contributed by atoms with E-state index in [4.69, 9.17) is 0 Å². The summed E-state index contributed by atoms with van der Waals surface area (Å²) in [5.41, 5.74) is 0. The zero-order valence-electron chi connectivity index (χ0n) is 38.3. The maximum atomic E-state index is 12.4. The number of nitrogens with one attached hydrogen (secondary N) is 1. The van der Waals surface area contributed by atoms with Gasteiger partial charge in [0.05, 0.1) is 18.8 Å². The van der Waals surface area contributed by atoms with E-state index in [9.17, 15) is 15.0 Å². The van der Waals surface area contributed by atoms with Gasteiger partial charge in [-0.1, -0.05) is 227 Å². The predicted octanol–water partition coefficient (Wildman–Crippen LogP) is 16.0. The van der Waals surface area contributed by atoms with Gasteiger partial charge in [0.15, 0.2) is 0 Å². The highest BCUT2D eigenvalue weighted by atomic mass is 16.3. The molecule has 0 heterocycles. The molecule has 0 aromatic rings. The Bertz CT molecular complexity index is 1050. The van der Waals surface area contributed by atoms with Crippen LogP contribution < -0.4 is 5.32 Å². The van der Waals surface area contributed by atoms with Crippen LogP contribution in [0.4, 0.5) is 0 Å². The van der Waals surface area contributed by atoms with Gasteiger partial charge in [-0.25, -0.2) is 0 Å². The van der Waals surface area contributed by atoms with Gasteiger partial charge in [0.2, 0.25) is 5.91 Å². The number of amides is 1. The van der Waals surface area contributed by atoms with Crippen LogP contribution in [0.3, 0.4) is 0 Å². The van der Waals surface area contributed by atoms with Gasteiger partial charge in [-0.15, -0.1) is 0 Å². The Labute approximate surface area is 361 Å². The lowest BCUT2D eigenvalue weighted by molar-refractivity contribution is -0.123. The SMILES string of the molecule is CC/C=C\C/C=C\C/C=C\C/C=C\CCCCCCC(=O)NC(CO)C(O)/C=C/CC/C=C/CC/C=C/CCCCCCCCCCCCCCCCCCCCC. The first-order chi connectivity index (χ1) is 28.7. The van der Waals surface area contributed by atoms with Crippen LogP contribution in [0.5, 0.6) is 0 Å². The highest BCUT2D eigenvalue weighted by Gasteiger charge is 2.17. The average molecular weight is 806 g/mol. The molecular formula is C54H95NO3. The van der Waals surface area contributed by atoms with E-state index in [-0.39, 0.29) is 12.5 Å². The second-order valence-electron chi connectivity index (χ2n) is 16.5. The second-order valence-corrected chi connectivity index (χ2v) is 16.5. The molecule has 58 heavy (non-hydrogen) atoms. The molecule has 4 nitrogen and oxygen atoms in total. The summed E-state index contributed by atoms with van der Waals surface area (Å²) in [6, 6.07) is -0.664. The highest BCUT2D eigenvalue weighted by molar-refractivity contribution is 5.76. The average Bonchev–Trinajstić information content (AvgIpc) is 3.23. The third-order valence-corrected chi connectivity index (χ3v) is 10.8. The molecule has 0 aromatic heterocycles. The van der Waals surface area contributed by atoms with Gasteiger partial charge in [-0.3, -0.25) is 4.79 Å². The molecule has 0 aliphatic rings. The number of hydrogen-bond acceptors (Lipinski definition) is 3. The minimum absolute atomic E-state index is 0.104. The standard InChI is InChI=1S/C54H95NO3/c1-3-5-7-9-11-13-15-17-19-21-22-23-24-25-26-27-28-29-30-31-32-34-35-37-39-41-43-45-47-49-53(57)52(51-56)55-54(58)50-48-46-44-42-40-38-36-33-20-18-16-14-12-10-8-6-4-2/h6,8,12,14,18,20,32,34,36,38-39,41,47,49,52-53,56-57H,3-5,7,9-11,13,15-17,19,21-31,33,35,37,40,42-46,48,50-51H2,1-2H3,(H,55,58)/b8-6-,14-12-,20-18-,34-32+,38-36-,41-39+,49-47+. The van der Waals surface area contributed by atoms with Crippen molar-refractivity contribution in [1.29, 1.82) is 0 Å². The summed E-state index contributed by atoms with van der Waals surface area (Å²) >= 11 is 0. The summed E-state index contributed by atoms with van der Waals surface area (Å²) in [6.07, 6.45) is 71.5. The first-order valence-electron chi connectivity index (χ1n) is 24.8. The van der Waals surface area contributed by atoms with E-state index >= 15 is 0 Å². The smallest absolute Gasteiger partial charge is 0.220 e. The molecule has 3 N–H and O–H groups in total. The van der Waals surface area contributed by atoms with E-state index in [1.54, 1.807) is 6.08 Å². The number of aliphatic hydroxyl groups is 2. The molecule has 0 aromatic carbocycles. The van der Waals surface area contributed by atoms with Crippen LogP contribution in [-0.4, -0.2) is 34.9 Å². The third kappa shape index (κ3) is 44.7. The maximum absolute atomic E-state index is 12.4. The maximum Gasteiger partial charge on any atom is 0.220 e. The zero-order chi connectivity index (χ0) is 42.1. The quantitative estimate of drug-likeness (QED) is 0.0424. The van der Waals surface area contributed by atoms with Crippen LogP contribution in [0.15, 0.2) is 85.1 Å². The summed E-state index contributed by atoms with van der Waals surface area (Å²) in [4.78, 5) is 12.4. The Morgan fingerprint density at radius 2 is 0.776 bits per heavy atom. The van der Waals surface area contributed by atoms with Crippen molar-refractivity contribution in [3.63, 3.8) is 0 Å². The van der Waals surface area contributed by atoms with Crippen molar-refractivity contribution < 1.29 is 15.0 Å². The lowest BCUT2D eigenvalue weighted by atomic mass is 10.0. The van der Waals surface area contributed by atoms with E-state index in [0.29, 0.717) is 6.42 Å². The molecule has 0 fully saturated rings. The topological polar surface area (TPSA) is 69.6 Å². The molecule has 0 bridgehead atoms. The summed E-state index contributed by atoms with van der Waals surface area (Å²) in [5.74, 6) is -0.104. The minimum Gasteiger partial charge on any atom is -0.394 e. The fraction of sp³-hybridized carbons (Fsp3) is 0.722. The fourth-order valence-electron chi connectivity index (χ4n) is 7.08. The molecule has 0 spiro atoms. The van der Waals surface area contributed by atoms with Crippen molar-refractivity contribution >= 4 is 5.91 Å². The van der Waals surface area contributed by atoms with Crippen LogP contribution in [-0.2, 0) is 4.79 Å². The Kier molecular flexibility index (Phi) is 46.9. The zero-order valence-corrected chi connectivity index (χ0v) is 38.3. The number of carbonyl (C=O) groups excluding carboxylic acids is 1. The van der Waals surface area contributed by atoms with Crippen LogP contribution in [0.1, 0.15) is 232 Å². The third-order valence-electron chi connectivity index (χ3n) is 10.8. The van der Waals surface area contributed by atoms with Crippen molar-refractivity contribution in [3.05, 3.63) is 85.1 Å². The highest BCUT2D eigenvalue weighted by Crippen LogP contribution is 2.15. The first kappa shape index (κ1) is 55.6. The van der Waals surface area contributed by atoms with Crippen LogP contribution in [0.25, 0.3) is 0 Å². The fourth-order valence-corrected chi connectivity index (χ4v) is 7.08. The molecule has 0 saturated heterocycles. The molecule has 0 aliphatic heterocycles. The van der Waals surface area contributed by atoms with Gasteiger partial charge in [0.1, 0.15) is 0 Å². The molecule has 1 amide bonds. The second kappa shape index (κ2) is 48.9. The van der Waals surface area contributed by atoms with Crippen molar-refractivity contribution in [2.45, 2.75) is 244 Å². The summed E-state index contributed by atoms with van der Waals surface area (Å²) < 4.78 is 0. The Balaban J connectivity index is 3.63. The Morgan fingerprint density at radius 1 is 0.431 bits per heavy atom. The molecule has 0 saturated carbocycles. The van der Waals surface area contributed by atoms with E-state index in [1.165, 1.54) is 128 Å². The molecule has 0 aliphatic carbocycles. The van der Waals surface area contributed by atoms with Crippen LogP contribution in [0, 0.1) is 0 Å². The molecular weight excluding hydrogens is 711 g/mol. The van der Waals surface area contributed by atoms with E-state index < -0.39 is 12.1 Å². The van der Waals surface area contributed by atoms with Gasteiger partial charge >= 0.3 is 0 Å². The van der Waals surface area contributed by atoms with E-state index in [1.807, 2.05) is 6.08 Å². The molecule has 2 unspecified atom stereocenters. The Morgan fingerprint density at radius 3 is 1.21 bits per heavy atom. The van der Waals surface area contributed by atoms with Gasteiger partial charge in [0.25, 0.3) is 0 Å². The normalized spacial score (nSPS) is 13.7. The molecule has 0 rings (SSSR count). The number of unbranched alkanes of at least 4 members (excludes halogenated alkanes) is 25. The number of carbonyl (C=O) groups is 1. The van der Waals surface area contributed by atoms with Crippen LogP contribution in [0.2, 0.25) is 0 Å². The Hall–Kier alpha value is -2.43. The van der Waals surface area contributed by atoms with Crippen LogP contribution >= 0.6 is 0 Å². The number of aliphatic hydroxyl groups excluding tert-OH is 2. The van der Waals surface area contributed by atoms with Crippen molar-refractivity contribution in [2.24, 2.45) is 0 Å². The first-order valence-corrected chi connectivity index (χ1v) is 24.8. The monoisotopic (exact) mass is 806 g/mol. The van der Waals surface area contributed by atoms with E-state index in [2.05, 4.69) is 92.1 Å².